The Balaban J connectivity index is 1.70. The number of nitrogens with zero attached hydrogens (tertiary/aromatic N) is 4. The van der Waals surface area contributed by atoms with Crippen LogP contribution < -0.4 is 19.9 Å². The quantitative estimate of drug-likeness (QED) is 0.827. The summed E-state index contributed by atoms with van der Waals surface area (Å²) in [5.41, 5.74) is 4.30. The highest BCUT2D eigenvalue weighted by atomic mass is 16.5. The molecule has 1 amide bonds. The van der Waals surface area contributed by atoms with Crippen molar-refractivity contribution in [3.63, 3.8) is 0 Å². The van der Waals surface area contributed by atoms with Gasteiger partial charge in [0, 0.05) is 44.6 Å². The first-order chi connectivity index (χ1) is 13.5. The lowest BCUT2D eigenvalue weighted by molar-refractivity contribution is 0.0949. The highest BCUT2D eigenvalue weighted by Crippen LogP contribution is 2.25. The molecular formula is C21H29N5O2. The molecule has 0 radical (unpaired) electrons. The van der Waals surface area contributed by atoms with E-state index in [2.05, 4.69) is 57.1 Å². The number of methoxy groups -OCH3 is 1. The smallest absolute Gasteiger partial charge is 0.258 e. The van der Waals surface area contributed by atoms with Crippen molar-refractivity contribution in [3.8, 4) is 5.88 Å². The maximum Gasteiger partial charge on any atom is 0.258 e. The lowest BCUT2D eigenvalue weighted by atomic mass is 10.1. The molecule has 1 aliphatic heterocycles. The van der Waals surface area contributed by atoms with Crippen LogP contribution in [0.25, 0.3) is 0 Å². The van der Waals surface area contributed by atoms with Gasteiger partial charge >= 0.3 is 0 Å². The summed E-state index contributed by atoms with van der Waals surface area (Å²) in [6, 6.07) is 6.44. The molecule has 28 heavy (non-hydrogen) atoms. The zero-order chi connectivity index (χ0) is 20.1. The van der Waals surface area contributed by atoms with Crippen LogP contribution in [0.4, 0.5) is 11.6 Å². The highest BCUT2D eigenvalue weighted by Gasteiger charge is 2.23. The van der Waals surface area contributed by atoms with Crippen LogP contribution in [0.15, 0.2) is 24.4 Å². The number of anilines is 2. The number of rotatable bonds is 6. The molecule has 0 spiro atoms. The van der Waals surface area contributed by atoms with E-state index < -0.39 is 0 Å². The maximum absolute atomic E-state index is 12.2. The van der Waals surface area contributed by atoms with Gasteiger partial charge in [0.1, 0.15) is 5.56 Å². The molecular weight excluding hydrogens is 354 g/mol. The van der Waals surface area contributed by atoms with E-state index in [0.717, 1.165) is 32.6 Å². The predicted octanol–water partition coefficient (Wildman–Crippen LogP) is 2.57. The normalized spacial score (nSPS) is 14.1. The first-order valence-corrected chi connectivity index (χ1v) is 9.80. The van der Waals surface area contributed by atoms with Crippen LogP contribution in [0, 0.1) is 13.8 Å². The summed E-state index contributed by atoms with van der Waals surface area (Å²) < 4.78 is 5.35. The van der Waals surface area contributed by atoms with Gasteiger partial charge in [0.15, 0.2) is 0 Å². The molecule has 1 fully saturated rings. The fourth-order valence-corrected chi connectivity index (χ4v) is 3.38. The van der Waals surface area contributed by atoms with Gasteiger partial charge < -0.3 is 19.9 Å². The SMILES string of the molecule is CCCNC(=O)c1cnc(N2CCN(c3cccc(C)c3C)CC2)nc1OC. The Morgan fingerprint density at radius 1 is 1.18 bits per heavy atom. The topological polar surface area (TPSA) is 70.6 Å². The average molecular weight is 383 g/mol. The molecule has 1 saturated heterocycles. The number of benzene rings is 1. The Bertz CT molecular complexity index is 832. The minimum atomic E-state index is -0.204. The second-order valence-electron chi connectivity index (χ2n) is 7.04. The Kier molecular flexibility index (Phi) is 6.34. The number of hydrogen-bond acceptors (Lipinski definition) is 6. The first kappa shape index (κ1) is 19.9. The van der Waals surface area contributed by atoms with Crippen LogP contribution in [-0.2, 0) is 0 Å². The lowest BCUT2D eigenvalue weighted by Crippen LogP contribution is -2.47. The number of carbonyl (C=O) groups excluding carboxylic acids is 1. The maximum atomic E-state index is 12.2. The van der Waals surface area contributed by atoms with Crippen molar-refractivity contribution >= 4 is 17.5 Å². The summed E-state index contributed by atoms with van der Waals surface area (Å²) >= 11 is 0. The number of hydrogen-bond donors (Lipinski definition) is 1. The van der Waals surface area contributed by atoms with E-state index in [1.807, 2.05) is 6.92 Å². The van der Waals surface area contributed by atoms with Crippen molar-refractivity contribution in [1.29, 1.82) is 0 Å². The summed E-state index contributed by atoms with van der Waals surface area (Å²) in [5, 5.41) is 2.84. The van der Waals surface area contributed by atoms with Gasteiger partial charge in [0.25, 0.3) is 5.91 Å². The second-order valence-corrected chi connectivity index (χ2v) is 7.04. The van der Waals surface area contributed by atoms with Gasteiger partial charge in [-0.15, -0.1) is 0 Å². The number of amides is 1. The fraction of sp³-hybridized carbons (Fsp3) is 0.476. The van der Waals surface area contributed by atoms with Gasteiger partial charge in [0.05, 0.1) is 7.11 Å². The van der Waals surface area contributed by atoms with Gasteiger partial charge in [-0.1, -0.05) is 19.1 Å². The summed E-state index contributed by atoms with van der Waals surface area (Å²) in [7, 11) is 1.53. The summed E-state index contributed by atoms with van der Waals surface area (Å²) in [6.45, 7) is 10.4. The molecule has 1 N–H and O–H groups in total. The van der Waals surface area contributed by atoms with Crippen LogP contribution in [0.2, 0.25) is 0 Å². The monoisotopic (exact) mass is 383 g/mol. The molecule has 0 aliphatic carbocycles. The van der Waals surface area contributed by atoms with E-state index in [0.29, 0.717) is 23.9 Å². The number of aryl methyl sites for hydroxylation is 1. The standard InChI is InChI=1S/C21H29N5O2/c1-5-9-22-19(27)17-14-23-21(24-20(17)28-4)26-12-10-25(11-13-26)18-8-6-7-15(2)16(18)3/h6-8,14H,5,9-13H2,1-4H3,(H,22,27). The molecule has 7 nitrogen and oxygen atoms in total. The van der Waals surface area contributed by atoms with Crippen molar-refractivity contribution in [2.24, 2.45) is 0 Å². The molecule has 1 aliphatic rings. The molecule has 0 unspecified atom stereocenters. The molecule has 1 aromatic carbocycles. The second kappa shape index (κ2) is 8.91. The van der Waals surface area contributed by atoms with E-state index in [4.69, 9.17) is 4.74 Å². The van der Waals surface area contributed by atoms with Gasteiger partial charge in [-0.2, -0.15) is 4.98 Å². The first-order valence-electron chi connectivity index (χ1n) is 9.80. The van der Waals surface area contributed by atoms with Gasteiger partial charge in [-0.05, 0) is 37.5 Å². The lowest BCUT2D eigenvalue weighted by Gasteiger charge is -2.37. The van der Waals surface area contributed by atoms with Crippen molar-refractivity contribution in [3.05, 3.63) is 41.1 Å². The van der Waals surface area contributed by atoms with Gasteiger partial charge in [-0.3, -0.25) is 4.79 Å². The Morgan fingerprint density at radius 3 is 2.57 bits per heavy atom. The van der Waals surface area contributed by atoms with E-state index in [1.165, 1.54) is 23.9 Å². The molecule has 2 heterocycles. The molecule has 0 atom stereocenters. The van der Waals surface area contributed by atoms with Crippen LogP contribution in [0.3, 0.4) is 0 Å². The van der Waals surface area contributed by atoms with Crippen LogP contribution in [-0.4, -0.2) is 55.7 Å². The van der Waals surface area contributed by atoms with E-state index in [1.54, 1.807) is 6.20 Å². The number of aromatic nitrogens is 2. The minimum absolute atomic E-state index is 0.204. The summed E-state index contributed by atoms with van der Waals surface area (Å²) in [5.74, 6) is 0.713. The summed E-state index contributed by atoms with van der Waals surface area (Å²) in [4.78, 5) is 25.7. The van der Waals surface area contributed by atoms with E-state index >= 15 is 0 Å². The Hall–Kier alpha value is -2.83. The fourth-order valence-electron chi connectivity index (χ4n) is 3.38. The third-order valence-corrected chi connectivity index (χ3v) is 5.19. The largest absolute Gasteiger partial charge is 0.480 e. The molecule has 3 rings (SSSR count). The average Bonchev–Trinajstić information content (AvgIpc) is 2.73. The van der Waals surface area contributed by atoms with Crippen LogP contribution in [0.1, 0.15) is 34.8 Å². The van der Waals surface area contributed by atoms with Crippen molar-refractivity contribution in [1.82, 2.24) is 15.3 Å². The van der Waals surface area contributed by atoms with Gasteiger partial charge in [0.2, 0.25) is 11.8 Å². The van der Waals surface area contributed by atoms with Crippen molar-refractivity contribution in [2.45, 2.75) is 27.2 Å². The third-order valence-electron chi connectivity index (χ3n) is 5.19. The number of ether oxygens (including phenoxy) is 1. The summed E-state index contributed by atoms with van der Waals surface area (Å²) in [6.07, 6.45) is 2.43. The Labute approximate surface area is 166 Å². The van der Waals surface area contributed by atoms with E-state index in [-0.39, 0.29) is 5.91 Å². The molecule has 7 heteroatoms. The van der Waals surface area contributed by atoms with Crippen LogP contribution >= 0.6 is 0 Å². The zero-order valence-electron chi connectivity index (χ0n) is 17.2. The van der Waals surface area contributed by atoms with Crippen molar-refractivity contribution in [2.75, 3.05) is 49.6 Å². The Morgan fingerprint density at radius 2 is 1.89 bits per heavy atom. The number of piperazine rings is 1. The van der Waals surface area contributed by atoms with Crippen molar-refractivity contribution < 1.29 is 9.53 Å². The number of carbonyl (C=O) groups is 1. The minimum Gasteiger partial charge on any atom is -0.480 e. The molecule has 2 aromatic rings. The van der Waals surface area contributed by atoms with Gasteiger partial charge in [-0.25, -0.2) is 4.98 Å². The van der Waals surface area contributed by atoms with Crippen LogP contribution in [0.5, 0.6) is 5.88 Å². The number of nitrogens with one attached hydrogen (secondary N) is 1. The molecule has 0 bridgehead atoms. The third kappa shape index (κ3) is 4.18. The van der Waals surface area contributed by atoms with E-state index in [9.17, 15) is 4.79 Å². The predicted molar refractivity (Wildman–Crippen MR) is 112 cm³/mol. The molecule has 1 aromatic heterocycles. The zero-order valence-corrected chi connectivity index (χ0v) is 17.2. The molecule has 150 valence electrons. The highest BCUT2D eigenvalue weighted by molar-refractivity contribution is 5.96. The molecule has 0 saturated carbocycles.